The summed E-state index contributed by atoms with van der Waals surface area (Å²) in [4.78, 5) is 21.3. The molecular formula is C21H25FN2O4. The molecule has 2 aromatic rings. The maximum absolute atomic E-state index is 12.4. The van der Waals surface area contributed by atoms with Gasteiger partial charge >= 0.3 is 11.9 Å². The number of nitrogens with two attached hydrogens (primary N) is 1. The number of rotatable bonds is 6. The van der Waals surface area contributed by atoms with E-state index in [1.54, 1.807) is 0 Å². The fourth-order valence-electron chi connectivity index (χ4n) is 3.14. The van der Waals surface area contributed by atoms with Crippen LogP contribution in [0.25, 0.3) is 0 Å². The van der Waals surface area contributed by atoms with Crippen molar-refractivity contribution in [1.82, 2.24) is 5.32 Å². The summed E-state index contributed by atoms with van der Waals surface area (Å²) in [6.45, 7) is 0.814. The Morgan fingerprint density at radius 2 is 1.71 bits per heavy atom. The zero-order chi connectivity index (χ0) is 20.5. The molecule has 3 rings (SSSR count). The number of hydrogen-bond acceptors (Lipinski definition) is 4. The number of nitrogens with one attached hydrogen (secondary N) is 1. The van der Waals surface area contributed by atoms with Crippen molar-refractivity contribution in [2.75, 3.05) is 6.54 Å². The van der Waals surface area contributed by atoms with E-state index in [4.69, 9.17) is 15.9 Å². The molecular weight excluding hydrogens is 363 g/mol. The van der Waals surface area contributed by atoms with Gasteiger partial charge in [0, 0.05) is 0 Å². The average molecular weight is 388 g/mol. The highest BCUT2D eigenvalue weighted by atomic mass is 19.1. The molecule has 0 aromatic heterocycles. The van der Waals surface area contributed by atoms with Gasteiger partial charge in [0.25, 0.3) is 0 Å². The van der Waals surface area contributed by atoms with E-state index in [0.29, 0.717) is 0 Å². The van der Waals surface area contributed by atoms with Crippen molar-refractivity contribution in [2.24, 2.45) is 11.7 Å². The number of carboxylic acids is 2. The third-order valence-corrected chi connectivity index (χ3v) is 4.64. The molecule has 5 N–H and O–H groups in total. The van der Waals surface area contributed by atoms with Gasteiger partial charge in [-0.25, -0.2) is 4.39 Å². The highest BCUT2D eigenvalue weighted by molar-refractivity contribution is 5.74. The highest BCUT2D eigenvalue weighted by Gasteiger charge is 2.32. The van der Waals surface area contributed by atoms with Crippen LogP contribution in [-0.2, 0) is 22.4 Å². The van der Waals surface area contributed by atoms with Gasteiger partial charge in [-0.1, -0.05) is 42.5 Å². The highest BCUT2D eigenvalue weighted by Crippen LogP contribution is 2.20. The van der Waals surface area contributed by atoms with Gasteiger partial charge < -0.3 is 21.3 Å². The Kier molecular flexibility index (Phi) is 8.10. The molecule has 1 unspecified atom stereocenters. The predicted octanol–water partition coefficient (Wildman–Crippen LogP) is 2.07. The lowest BCUT2D eigenvalue weighted by atomic mass is 9.93. The molecule has 2 aromatic carbocycles. The van der Waals surface area contributed by atoms with Gasteiger partial charge in [-0.05, 0) is 55.0 Å². The molecule has 0 spiro atoms. The molecule has 1 fully saturated rings. The van der Waals surface area contributed by atoms with Crippen LogP contribution in [0.3, 0.4) is 0 Å². The van der Waals surface area contributed by atoms with Gasteiger partial charge in [-0.15, -0.1) is 0 Å². The van der Waals surface area contributed by atoms with E-state index in [9.17, 15) is 14.0 Å². The van der Waals surface area contributed by atoms with E-state index >= 15 is 0 Å². The minimum Gasteiger partial charge on any atom is -0.480 e. The number of halogens is 1. The third kappa shape index (κ3) is 6.75. The maximum atomic E-state index is 12.4. The molecule has 1 aliphatic rings. The van der Waals surface area contributed by atoms with Gasteiger partial charge in [0.2, 0.25) is 0 Å². The third-order valence-electron chi connectivity index (χ3n) is 4.64. The van der Waals surface area contributed by atoms with Crippen LogP contribution in [0.15, 0.2) is 54.6 Å². The first kappa shape index (κ1) is 21.5. The summed E-state index contributed by atoms with van der Waals surface area (Å²) in [7, 11) is 0. The van der Waals surface area contributed by atoms with Crippen LogP contribution in [-0.4, -0.2) is 40.8 Å². The molecule has 150 valence electrons. The zero-order valence-electron chi connectivity index (χ0n) is 15.4. The van der Waals surface area contributed by atoms with Crippen molar-refractivity contribution < 1.29 is 24.2 Å². The van der Waals surface area contributed by atoms with Gasteiger partial charge in [-0.2, -0.15) is 0 Å². The molecule has 7 heteroatoms. The quantitative estimate of drug-likeness (QED) is 0.603. The molecule has 1 heterocycles. The van der Waals surface area contributed by atoms with Gasteiger partial charge in [0.15, 0.2) is 0 Å². The topological polar surface area (TPSA) is 113 Å². The van der Waals surface area contributed by atoms with Gasteiger partial charge in [0.1, 0.15) is 17.9 Å². The summed E-state index contributed by atoms with van der Waals surface area (Å²) in [5, 5.41) is 20.5. The second kappa shape index (κ2) is 10.5. The smallest absolute Gasteiger partial charge is 0.320 e. The first-order valence-corrected chi connectivity index (χ1v) is 9.09. The van der Waals surface area contributed by atoms with E-state index in [0.717, 1.165) is 24.9 Å². The average Bonchev–Trinajstić information content (AvgIpc) is 3.13. The molecule has 3 atom stereocenters. The number of benzene rings is 2. The summed E-state index contributed by atoms with van der Waals surface area (Å²) < 4.78 is 12.4. The van der Waals surface area contributed by atoms with Crippen LogP contribution in [0, 0.1) is 11.7 Å². The lowest BCUT2D eigenvalue weighted by Crippen LogP contribution is -2.36. The molecule has 1 saturated heterocycles. The van der Waals surface area contributed by atoms with Gasteiger partial charge in [-0.3, -0.25) is 9.59 Å². The van der Waals surface area contributed by atoms with Crippen LogP contribution in [0.2, 0.25) is 0 Å². The summed E-state index contributed by atoms with van der Waals surface area (Å²) in [5.41, 5.74) is 7.23. The summed E-state index contributed by atoms with van der Waals surface area (Å²) in [6, 6.07) is 14.4. The lowest BCUT2D eigenvalue weighted by molar-refractivity contribution is -0.140. The van der Waals surface area contributed by atoms with Crippen LogP contribution >= 0.6 is 0 Å². The summed E-state index contributed by atoms with van der Waals surface area (Å²) in [6.07, 6.45) is 2.02. The molecule has 6 nitrogen and oxygen atoms in total. The van der Waals surface area contributed by atoms with Crippen molar-refractivity contribution in [3.63, 3.8) is 0 Å². The lowest BCUT2D eigenvalue weighted by Gasteiger charge is -2.15. The molecule has 1 aliphatic heterocycles. The summed E-state index contributed by atoms with van der Waals surface area (Å²) >= 11 is 0. The minimum absolute atomic E-state index is 0.218. The largest absolute Gasteiger partial charge is 0.480 e. The SMILES string of the molecule is N[C@@H](Cc1ccc(F)cc1)C(=O)O.O=C(O)[C@H]1NCCC1Cc1ccccc1. The number of aliphatic carboxylic acids is 2. The first-order chi connectivity index (χ1) is 13.4. The van der Waals surface area contributed by atoms with Gasteiger partial charge in [0.05, 0.1) is 0 Å². The molecule has 0 amide bonds. The normalized spacial score (nSPS) is 19.4. The number of hydrogen-bond donors (Lipinski definition) is 4. The van der Waals surface area contributed by atoms with Crippen molar-refractivity contribution in [3.8, 4) is 0 Å². The van der Waals surface area contributed by atoms with Crippen molar-refractivity contribution in [1.29, 1.82) is 0 Å². The Morgan fingerprint density at radius 3 is 2.29 bits per heavy atom. The Bertz CT molecular complexity index is 768. The monoisotopic (exact) mass is 388 g/mol. The van der Waals surface area contributed by atoms with E-state index < -0.39 is 18.0 Å². The molecule has 0 saturated carbocycles. The molecule has 0 aliphatic carbocycles. The number of carboxylic acid groups (broad SMARTS) is 2. The minimum atomic E-state index is -1.05. The fraction of sp³-hybridized carbons (Fsp3) is 0.333. The van der Waals surface area contributed by atoms with E-state index in [2.05, 4.69) is 17.4 Å². The molecule has 0 bridgehead atoms. The maximum Gasteiger partial charge on any atom is 0.320 e. The van der Waals surface area contributed by atoms with Crippen LogP contribution in [0.5, 0.6) is 0 Å². The van der Waals surface area contributed by atoms with Crippen LogP contribution in [0.4, 0.5) is 4.39 Å². The van der Waals surface area contributed by atoms with Crippen molar-refractivity contribution in [2.45, 2.75) is 31.3 Å². The van der Waals surface area contributed by atoms with Crippen LogP contribution < -0.4 is 11.1 Å². The Morgan fingerprint density at radius 1 is 1.07 bits per heavy atom. The zero-order valence-corrected chi connectivity index (χ0v) is 15.4. The van der Waals surface area contributed by atoms with E-state index in [-0.39, 0.29) is 24.2 Å². The molecule has 28 heavy (non-hydrogen) atoms. The first-order valence-electron chi connectivity index (χ1n) is 9.09. The summed E-state index contributed by atoms with van der Waals surface area (Å²) in [5.74, 6) is -1.89. The Balaban J connectivity index is 0.000000203. The van der Waals surface area contributed by atoms with Crippen molar-refractivity contribution >= 4 is 11.9 Å². The number of carbonyl (C=O) groups is 2. The van der Waals surface area contributed by atoms with Crippen molar-refractivity contribution in [3.05, 3.63) is 71.5 Å². The molecule has 0 radical (unpaired) electrons. The Labute approximate surface area is 163 Å². The second-order valence-corrected chi connectivity index (χ2v) is 6.78. The predicted molar refractivity (Wildman–Crippen MR) is 103 cm³/mol. The van der Waals surface area contributed by atoms with E-state index in [1.807, 2.05) is 18.2 Å². The van der Waals surface area contributed by atoms with E-state index in [1.165, 1.54) is 29.8 Å². The second-order valence-electron chi connectivity index (χ2n) is 6.78. The Hall–Kier alpha value is -2.77. The van der Waals surface area contributed by atoms with Crippen LogP contribution in [0.1, 0.15) is 17.5 Å². The fourth-order valence-corrected chi connectivity index (χ4v) is 3.14. The standard InChI is InChI=1S/C12H15NO2.C9H10FNO2/c14-12(15)11-10(6-7-13-11)8-9-4-2-1-3-5-9;10-7-3-1-6(2-4-7)5-8(11)9(12)13/h1-5,10-11,13H,6-8H2,(H,14,15);1-4,8H,5,11H2,(H,12,13)/t10?,11-;8-/m00/s1.